The molecule has 0 amide bonds. The Morgan fingerprint density at radius 1 is 0.868 bits per heavy atom. The lowest BCUT2D eigenvalue weighted by molar-refractivity contribution is 0.0690. The van der Waals surface area contributed by atoms with E-state index in [0.717, 1.165) is 10.9 Å². The molecule has 0 spiro atoms. The minimum Gasteiger partial charge on any atom is -0.477 e. The van der Waals surface area contributed by atoms with Crippen LogP contribution >= 0.6 is 0 Å². The quantitative estimate of drug-likeness (QED) is 0.297. The Hall–Kier alpha value is -5.00. The van der Waals surface area contributed by atoms with Crippen LogP contribution in [-0.2, 0) is 10.0 Å². The molecule has 0 unspecified atom stereocenters. The number of aromatic carboxylic acids is 1. The SMILES string of the molecule is Cc1ccc2cccnc2c1S(=O)(=O)Nc1ccccc1C#Cc1cnc(C(=O)O)cc1-c1ccccc1. The topological polar surface area (TPSA) is 109 Å². The first-order valence-electron chi connectivity index (χ1n) is 11.6. The predicted octanol–water partition coefficient (Wildman–Crippen LogP) is 5.50. The van der Waals surface area contributed by atoms with Crippen molar-refractivity contribution in [1.29, 1.82) is 0 Å². The lowest BCUT2D eigenvalue weighted by Crippen LogP contribution is -2.16. The van der Waals surface area contributed by atoms with E-state index in [9.17, 15) is 18.3 Å². The summed E-state index contributed by atoms with van der Waals surface area (Å²) in [5.41, 5.74) is 3.53. The molecule has 186 valence electrons. The maximum atomic E-state index is 13.5. The van der Waals surface area contributed by atoms with Crippen LogP contribution in [0.2, 0.25) is 0 Å². The molecule has 3 aromatic carbocycles. The maximum absolute atomic E-state index is 13.5. The molecule has 38 heavy (non-hydrogen) atoms. The number of pyridine rings is 2. The molecule has 0 atom stereocenters. The summed E-state index contributed by atoms with van der Waals surface area (Å²) >= 11 is 0. The molecule has 0 aliphatic heterocycles. The number of para-hydroxylation sites is 1. The summed E-state index contributed by atoms with van der Waals surface area (Å²) < 4.78 is 29.8. The van der Waals surface area contributed by atoms with Crippen LogP contribution < -0.4 is 4.72 Å². The molecular formula is C30H21N3O4S. The Bertz CT molecular complexity index is 1860. The van der Waals surface area contributed by atoms with E-state index in [2.05, 4.69) is 26.5 Å². The van der Waals surface area contributed by atoms with Gasteiger partial charge < -0.3 is 5.11 Å². The van der Waals surface area contributed by atoms with E-state index in [1.165, 1.54) is 12.3 Å². The summed E-state index contributed by atoms with van der Waals surface area (Å²) in [4.78, 5) is 19.9. The second-order valence-electron chi connectivity index (χ2n) is 8.47. The summed E-state index contributed by atoms with van der Waals surface area (Å²) in [6, 6.07) is 24.7. The zero-order valence-corrected chi connectivity index (χ0v) is 21.0. The fourth-order valence-electron chi connectivity index (χ4n) is 4.10. The third-order valence-electron chi connectivity index (χ3n) is 5.90. The van der Waals surface area contributed by atoms with Gasteiger partial charge in [-0.25, -0.2) is 18.2 Å². The van der Waals surface area contributed by atoms with Crippen molar-refractivity contribution in [2.45, 2.75) is 11.8 Å². The molecule has 5 aromatic rings. The van der Waals surface area contributed by atoms with Gasteiger partial charge in [0.1, 0.15) is 10.6 Å². The molecule has 0 bridgehead atoms. The van der Waals surface area contributed by atoms with Crippen LogP contribution in [0.5, 0.6) is 0 Å². The van der Waals surface area contributed by atoms with E-state index in [1.54, 1.807) is 49.5 Å². The molecule has 0 radical (unpaired) electrons. The summed E-state index contributed by atoms with van der Waals surface area (Å²) in [6.07, 6.45) is 2.98. The molecule has 0 saturated heterocycles. The first-order valence-corrected chi connectivity index (χ1v) is 13.1. The summed E-state index contributed by atoms with van der Waals surface area (Å²) in [5, 5.41) is 10.1. The minimum absolute atomic E-state index is 0.0957. The van der Waals surface area contributed by atoms with E-state index in [1.807, 2.05) is 42.5 Å². The number of aromatic nitrogens is 2. The number of hydrogen-bond acceptors (Lipinski definition) is 5. The van der Waals surface area contributed by atoms with Crippen LogP contribution in [0.25, 0.3) is 22.0 Å². The number of benzene rings is 3. The van der Waals surface area contributed by atoms with Crippen LogP contribution in [0.1, 0.15) is 27.2 Å². The second-order valence-corrected chi connectivity index (χ2v) is 10.1. The number of carboxylic acid groups (broad SMARTS) is 1. The van der Waals surface area contributed by atoms with Crippen molar-refractivity contribution in [2.75, 3.05) is 4.72 Å². The molecule has 5 rings (SSSR count). The van der Waals surface area contributed by atoms with Crippen LogP contribution in [-0.4, -0.2) is 29.5 Å². The third kappa shape index (κ3) is 4.96. The first kappa shape index (κ1) is 24.7. The van der Waals surface area contributed by atoms with Crippen molar-refractivity contribution < 1.29 is 18.3 Å². The van der Waals surface area contributed by atoms with E-state index in [4.69, 9.17) is 0 Å². The Balaban J connectivity index is 1.56. The number of sulfonamides is 1. The minimum atomic E-state index is -4.00. The lowest BCUT2D eigenvalue weighted by atomic mass is 10.0. The van der Waals surface area contributed by atoms with Gasteiger partial charge in [0, 0.05) is 28.9 Å². The van der Waals surface area contributed by atoms with Gasteiger partial charge in [-0.1, -0.05) is 72.5 Å². The summed E-state index contributed by atoms with van der Waals surface area (Å²) in [6.45, 7) is 1.73. The molecular weight excluding hydrogens is 498 g/mol. The number of rotatable bonds is 5. The second kappa shape index (κ2) is 10.2. The Morgan fingerprint density at radius 2 is 1.61 bits per heavy atom. The van der Waals surface area contributed by atoms with E-state index in [-0.39, 0.29) is 10.6 Å². The summed E-state index contributed by atoms with van der Waals surface area (Å²) in [7, 11) is -4.00. The summed E-state index contributed by atoms with van der Waals surface area (Å²) in [5.74, 6) is 4.94. The third-order valence-corrected chi connectivity index (χ3v) is 7.45. The molecule has 2 N–H and O–H groups in total. The molecule has 0 saturated carbocycles. The van der Waals surface area contributed by atoms with Crippen LogP contribution in [0.4, 0.5) is 5.69 Å². The van der Waals surface area contributed by atoms with Gasteiger partial charge in [-0.2, -0.15) is 0 Å². The number of nitrogens with zero attached hydrogens (tertiary/aromatic N) is 2. The first-order chi connectivity index (χ1) is 18.3. The molecule has 0 aliphatic carbocycles. The zero-order valence-electron chi connectivity index (χ0n) is 20.2. The normalized spacial score (nSPS) is 11.0. The number of carboxylic acids is 1. The monoisotopic (exact) mass is 519 g/mol. The Morgan fingerprint density at radius 3 is 2.39 bits per heavy atom. The number of aryl methyl sites for hydroxylation is 1. The van der Waals surface area contributed by atoms with Crippen molar-refractivity contribution in [3.63, 3.8) is 0 Å². The van der Waals surface area contributed by atoms with Gasteiger partial charge in [0.05, 0.1) is 16.8 Å². The number of carbonyl (C=O) groups is 1. The van der Waals surface area contributed by atoms with E-state index < -0.39 is 16.0 Å². The van der Waals surface area contributed by atoms with E-state index >= 15 is 0 Å². The average molecular weight is 520 g/mol. The highest BCUT2D eigenvalue weighted by Gasteiger charge is 2.22. The van der Waals surface area contributed by atoms with Gasteiger partial charge in [-0.05, 0) is 42.3 Å². The maximum Gasteiger partial charge on any atom is 0.354 e. The molecule has 2 aromatic heterocycles. The standard InChI is InChI=1S/C30H21N3O4S/c1-20-13-14-23-11-7-17-31-28(23)29(20)38(36,37)33-26-12-6-5-10-22(26)15-16-24-19-32-27(30(34)35)18-25(24)21-8-3-2-4-9-21/h2-14,17-19,33H,1H3,(H,34,35). The van der Waals surface area contributed by atoms with Crippen LogP contribution in [0, 0.1) is 18.8 Å². The number of hydrogen-bond donors (Lipinski definition) is 2. The highest BCUT2D eigenvalue weighted by atomic mass is 32.2. The fourth-order valence-corrected chi connectivity index (χ4v) is 5.59. The van der Waals surface area contributed by atoms with Crippen molar-refractivity contribution >= 4 is 32.6 Å². The molecule has 0 fully saturated rings. The number of fused-ring (bicyclic) bond motifs is 1. The van der Waals surface area contributed by atoms with Gasteiger partial charge >= 0.3 is 5.97 Å². The Labute approximate surface area is 219 Å². The van der Waals surface area contributed by atoms with Gasteiger partial charge in [-0.15, -0.1) is 0 Å². The smallest absolute Gasteiger partial charge is 0.354 e. The Kier molecular flexibility index (Phi) is 6.60. The number of nitrogens with one attached hydrogen (secondary N) is 1. The number of anilines is 1. The van der Waals surface area contributed by atoms with Crippen molar-refractivity contribution in [1.82, 2.24) is 9.97 Å². The highest BCUT2D eigenvalue weighted by Crippen LogP contribution is 2.28. The van der Waals surface area contributed by atoms with Crippen molar-refractivity contribution in [3.05, 3.63) is 120 Å². The van der Waals surface area contributed by atoms with Gasteiger partial charge in [-0.3, -0.25) is 9.71 Å². The van der Waals surface area contributed by atoms with Crippen LogP contribution in [0.3, 0.4) is 0 Å². The van der Waals surface area contributed by atoms with E-state index in [0.29, 0.717) is 33.5 Å². The lowest BCUT2D eigenvalue weighted by Gasteiger charge is -2.13. The van der Waals surface area contributed by atoms with Gasteiger partial charge in [0.2, 0.25) is 0 Å². The predicted molar refractivity (Wildman–Crippen MR) is 146 cm³/mol. The molecule has 8 heteroatoms. The van der Waals surface area contributed by atoms with Crippen molar-refractivity contribution in [2.24, 2.45) is 0 Å². The molecule has 0 aliphatic rings. The zero-order chi connectivity index (χ0) is 26.7. The largest absolute Gasteiger partial charge is 0.477 e. The fraction of sp³-hybridized carbons (Fsp3) is 0.0333. The van der Waals surface area contributed by atoms with Crippen molar-refractivity contribution in [3.8, 4) is 23.0 Å². The molecule has 7 nitrogen and oxygen atoms in total. The molecule has 2 heterocycles. The van der Waals surface area contributed by atoms with Gasteiger partial charge in [0.25, 0.3) is 10.0 Å². The van der Waals surface area contributed by atoms with Gasteiger partial charge in [0.15, 0.2) is 0 Å². The highest BCUT2D eigenvalue weighted by molar-refractivity contribution is 7.93. The average Bonchev–Trinajstić information content (AvgIpc) is 2.92. The van der Waals surface area contributed by atoms with Crippen LogP contribution in [0.15, 0.2) is 102 Å².